The number of aromatic hydroxyl groups is 1. The Morgan fingerprint density at radius 1 is 1.21 bits per heavy atom. The molecule has 5 nitrogen and oxygen atoms in total. The average molecular weight is 343 g/mol. The molecule has 0 radical (unpaired) electrons. The van der Waals surface area contributed by atoms with Crippen LogP contribution in [0.4, 0.5) is 4.79 Å². The number of benzene rings is 2. The van der Waals surface area contributed by atoms with Gasteiger partial charge in [-0.1, -0.05) is 41.4 Å². The topological polar surface area (TPSA) is 69.6 Å². The standard InChI is InChI=1S/C18H15ClN2O3/c1-11-3-2-4-12(7-11)10-21-17(23)15(20-18(21)24)9-13-8-14(19)5-6-16(13)22/h2-9,22H,10H2,1H3,(H,20,24)/b15-9+. The maximum atomic E-state index is 12.5. The summed E-state index contributed by atoms with van der Waals surface area (Å²) in [6, 6.07) is 11.6. The van der Waals surface area contributed by atoms with E-state index >= 15 is 0 Å². The molecule has 3 rings (SSSR count). The highest BCUT2D eigenvalue weighted by molar-refractivity contribution is 6.30. The number of rotatable bonds is 3. The lowest BCUT2D eigenvalue weighted by Gasteiger charge is -2.12. The van der Waals surface area contributed by atoms with Crippen LogP contribution in [0.5, 0.6) is 5.75 Å². The molecule has 0 atom stereocenters. The molecule has 122 valence electrons. The van der Waals surface area contributed by atoms with Gasteiger partial charge in [-0.3, -0.25) is 9.69 Å². The van der Waals surface area contributed by atoms with Gasteiger partial charge >= 0.3 is 6.03 Å². The smallest absolute Gasteiger partial charge is 0.329 e. The van der Waals surface area contributed by atoms with Crippen LogP contribution in [0.1, 0.15) is 16.7 Å². The maximum absolute atomic E-state index is 12.5. The van der Waals surface area contributed by atoms with Crippen molar-refractivity contribution in [1.82, 2.24) is 10.2 Å². The molecule has 3 amide bonds. The van der Waals surface area contributed by atoms with E-state index in [9.17, 15) is 14.7 Å². The molecule has 1 fully saturated rings. The summed E-state index contributed by atoms with van der Waals surface area (Å²) in [6.45, 7) is 2.13. The number of nitrogens with one attached hydrogen (secondary N) is 1. The van der Waals surface area contributed by atoms with Gasteiger partial charge in [0.15, 0.2) is 0 Å². The molecule has 2 aromatic rings. The highest BCUT2D eigenvalue weighted by atomic mass is 35.5. The van der Waals surface area contributed by atoms with Crippen LogP contribution >= 0.6 is 11.6 Å². The Kier molecular flexibility index (Phi) is 4.27. The maximum Gasteiger partial charge on any atom is 0.329 e. The summed E-state index contributed by atoms with van der Waals surface area (Å²) >= 11 is 5.90. The van der Waals surface area contributed by atoms with Gasteiger partial charge in [-0.25, -0.2) is 4.79 Å². The van der Waals surface area contributed by atoms with Gasteiger partial charge in [0.2, 0.25) is 0 Å². The molecule has 1 aliphatic rings. The molecule has 0 saturated carbocycles. The Morgan fingerprint density at radius 3 is 2.75 bits per heavy atom. The van der Waals surface area contributed by atoms with Crippen molar-refractivity contribution in [3.05, 3.63) is 69.9 Å². The Labute approximate surface area is 144 Å². The minimum Gasteiger partial charge on any atom is -0.507 e. The largest absolute Gasteiger partial charge is 0.507 e. The van der Waals surface area contributed by atoms with E-state index in [-0.39, 0.29) is 18.0 Å². The lowest BCUT2D eigenvalue weighted by atomic mass is 10.1. The third-order valence-corrected chi connectivity index (χ3v) is 3.91. The number of phenolic OH excluding ortho intramolecular Hbond substituents is 1. The SMILES string of the molecule is Cc1cccc(CN2C(=O)N/C(=C/c3cc(Cl)ccc3O)C2=O)c1. The third-order valence-electron chi connectivity index (χ3n) is 3.67. The first kappa shape index (κ1) is 16.1. The van der Waals surface area contributed by atoms with Crippen LogP contribution in [0.25, 0.3) is 6.08 Å². The summed E-state index contributed by atoms with van der Waals surface area (Å²) in [7, 11) is 0. The number of phenols is 1. The minimum atomic E-state index is -0.491. The zero-order chi connectivity index (χ0) is 17.3. The summed E-state index contributed by atoms with van der Waals surface area (Å²) in [5.74, 6) is -0.466. The van der Waals surface area contributed by atoms with Crippen LogP contribution in [-0.2, 0) is 11.3 Å². The molecule has 1 saturated heterocycles. The van der Waals surface area contributed by atoms with Crippen LogP contribution in [0.3, 0.4) is 0 Å². The number of imide groups is 1. The van der Waals surface area contributed by atoms with Crippen LogP contribution in [-0.4, -0.2) is 21.9 Å². The number of halogens is 1. The molecule has 0 bridgehead atoms. The first-order valence-corrected chi connectivity index (χ1v) is 7.70. The van der Waals surface area contributed by atoms with E-state index in [1.165, 1.54) is 24.3 Å². The van der Waals surface area contributed by atoms with E-state index in [2.05, 4.69) is 5.32 Å². The molecular formula is C18H15ClN2O3. The van der Waals surface area contributed by atoms with Gasteiger partial charge in [-0.05, 0) is 36.8 Å². The van der Waals surface area contributed by atoms with Gasteiger partial charge < -0.3 is 10.4 Å². The van der Waals surface area contributed by atoms with Crippen molar-refractivity contribution in [2.45, 2.75) is 13.5 Å². The Morgan fingerprint density at radius 2 is 2.00 bits per heavy atom. The van der Waals surface area contributed by atoms with Gasteiger partial charge in [0.05, 0.1) is 6.54 Å². The number of urea groups is 1. The zero-order valence-electron chi connectivity index (χ0n) is 12.9. The van der Waals surface area contributed by atoms with Crippen LogP contribution in [0, 0.1) is 6.92 Å². The summed E-state index contributed by atoms with van der Waals surface area (Å²) in [4.78, 5) is 25.7. The molecule has 2 N–H and O–H groups in total. The van der Waals surface area contributed by atoms with E-state index in [1.54, 1.807) is 0 Å². The number of hydrogen-bond donors (Lipinski definition) is 2. The number of carbonyl (C=O) groups excluding carboxylic acids is 2. The number of hydrogen-bond acceptors (Lipinski definition) is 3. The van der Waals surface area contributed by atoms with Gasteiger partial charge in [0.25, 0.3) is 5.91 Å². The van der Waals surface area contributed by atoms with Gasteiger partial charge in [0.1, 0.15) is 11.4 Å². The molecule has 24 heavy (non-hydrogen) atoms. The molecule has 1 heterocycles. The lowest BCUT2D eigenvalue weighted by Crippen LogP contribution is -2.30. The molecule has 0 spiro atoms. The fourth-order valence-electron chi connectivity index (χ4n) is 2.50. The summed E-state index contributed by atoms with van der Waals surface area (Å²) in [5, 5.41) is 12.8. The third kappa shape index (κ3) is 3.26. The van der Waals surface area contributed by atoms with E-state index in [1.807, 2.05) is 31.2 Å². The lowest BCUT2D eigenvalue weighted by molar-refractivity contribution is -0.123. The second kappa shape index (κ2) is 6.37. The molecule has 0 aromatic heterocycles. The van der Waals surface area contributed by atoms with Crippen molar-refractivity contribution in [3.8, 4) is 5.75 Å². The van der Waals surface area contributed by atoms with Crippen LogP contribution < -0.4 is 5.32 Å². The first-order valence-electron chi connectivity index (χ1n) is 7.32. The first-order chi connectivity index (χ1) is 11.4. The molecule has 6 heteroatoms. The summed E-state index contributed by atoms with van der Waals surface area (Å²) in [5.41, 5.74) is 2.39. The van der Waals surface area contributed by atoms with E-state index in [0.717, 1.165) is 16.0 Å². The van der Waals surface area contributed by atoms with Crippen molar-refractivity contribution in [1.29, 1.82) is 0 Å². The van der Waals surface area contributed by atoms with Gasteiger partial charge in [-0.2, -0.15) is 0 Å². The number of carbonyl (C=O) groups is 2. The molecule has 1 aliphatic heterocycles. The second-order valence-electron chi connectivity index (χ2n) is 5.57. The Bertz CT molecular complexity index is 861. The minimum absolute atomic E-state index is 0.0221. The van der Waals surface area contributed by atoms with Crippen molar-refractivity contribution in [2.24, 2.45) is 0 Å². The zero-order valence-corrected chi connectivity index (χ0v) is 13.7. The monoisotopic (exact) mass is 342 g/mol. The number of aryl methyl sites for hydroxylation is 1. The predicted octanol–water partition coefficient (Wildman–Crippen LogP) is 3.45. The second-order valence-corrected chi connectivity index (χ2v) is 6.01. The van der Waals surface area contributed by atoms with E-state index in [4.69, 9.17) is 11.6 Å². The fraction of sp³-hybridized carbons (Fsp3) is 0.111. The van der Waals surface area contributed by atoms with Crippen molar-refractivity contribution < 1.29 is 14.7 Å². The summed E-state index contributed by atoms with van der Waals surface area (Å²) < 4.78 is 0. The average Bonchev–Trinajstić information content (AvgIpc) is 2.79. The Hall–Kier alpha value is -2.79. The quantitative estimate of drug-likeness (QED) is 0.663. The normalized spacial score (nSPS) is 15.9. The van der Waals surface area contributed by atoms with Crippen molar-refractivity contribution >= 4 is 29.6 Å². The molecule has 0 unspecified atom stereocenters. The van der Waals surface area contributed by atoms with Crippen LogP contribution in [0.15, 0.2) is 48.2 Å². The highest BCUT2D eigenvalue weighted by Gasteiger charge is 2.33. The Balaban J connectivity index is 1.86. The van der Waals surface area contributed by atoms with Crippen molar-refractivity contribution in [2.75, 3.05) is 0 Å². The fourth-order valence-corrected chi connectivity index (χ4v) is 2.69. The van der Waals surface area contributed by atoms with E-state index in [0.29, 0.717) is 10.6 Å². The number of amides is 3. The van der Waals surface area contributed by atoms with Gasteiger partial charge in [-0.15, -0.1) is 0 Å². The van der Waals surface area contributed by atoms with Crippen LogP contribution in [0.2, 0.25) is 5.02 Å². The van der Waals surface area contributed by atoms with E-state index < -0.39 is 11.9 Å². The molecule has 0 aliphatic carbocycles. The molecule has 2 aromatic carbocycles. The molecular weight excluding hydrogens is 328 g/mol. The van der Waals surface area contributed by atoms with Gasteiger partial charge in [0, 0.05) is 10.6 Å². The summed E-state index contributed by atoms with van der Waals surface area (Å²) in [6.07, 6.45) is 1.41. The highest BCUT2D eigenvalue weighted by Crippen LogP contribution is 2.25. The number of nitrogens with zero attached hydrogens (tertiary/aromatic N) is 1. The predicted molar refractivity (Wildman–Crippen MR) is 91.4 cm³/mol. The van der Waals surface area contributed by atoms with Crippen molar-refractivity contribution in [3.63, 3.8) is 0 Å².